The number of thiazole rings is 1. The molecule has 2 aliphatic carbocycles. The molecule has 4 atom stereocenters. The van der Waals surface area contributed by atoms with E-state index in [-0.39, 0.29) is 11.9 Å². The van der Waals surface area contributed by atoms with Gasteiger partial charge in [0.25, 0.3) is 5.91 Å². The summed E-state index contributed by atoms with van der Waals surface area (Å²) in [5.41, 5.74) is 0.749. The van der Waals surface area contributed by atoms with Crippen LogP contribution in [-0.4, -0.2) is 32.1 Å². The van der Waals surface area contributed by atoms with E-state index in [9.17, 15) is 4.79 Å². The molecule has 2 heterocycles. The Balaban J connectivity index is 1.47. The number of amides is 1. The third-order valence-electron chi connectivity index (χ3n) is 5.41. The molecule has 6 nitrogen and oxygen atoms in total. The lowest BCUT2D eigenvalue weighted by molar-refractivity contribution is 0.0918. The van der Waals surface area contributed by atoms with E-state index in [0.29, 0.717) is 21.6 Å². The van der Waals surface area contributed by atoms with E-state index < -0.39 is 0 Å². The fourth-order valence-electron chi connectivity index (χ4n) is 4.30. The summed E-state index contributed by atoms with van der Waals surface area (Å²) < 4.78 is 0. The monoisotopic (exact) mass is 331 g/mol. The lowest BCUT2D eigenvalue weighted by Crippen LogP contribution is -2.40. The molecule has 0 aliphatic heterocycles. The van der Waals surface area contributed by atoms with Crippen LogP contribution in [0, 0.1) is 24.7 Å². The Morgan fingerprint density at radius 2 is 2.30 bits per heavy atom. The first-order chi connectivity index (χ1) is 11.1. The zero-order valence-electron chi connectivity index (χ0n) is 13.4. The number of hydrogen-bond acceptors (Lipinski definition) is 5. The third-order valence-corrected chi connectivity index (χ3v) is 6.58. The molecule has 2 saturated carbocycles. The van der Waals surface area contributed by atoms with Gasteiger partial charge in [0.05, 0.1) is 5.69 Å². The smallest absolute Gasteiger partial charge is 0.263 e. The Morgan fingerprint density at radius 1 is 1.43 bits per heavy atom. The van der Waals surface area contributed by atoms with Crippen molar-refractivity contribution < 1.29 is 4.79 Å². The Hall–Kier alpha value is -1.76. The molecule has 122 valence electrons. The Bertz CT molecular complexity index is 710. The van der Waals surface area contributed by atoms with Crippen LogP contribution >= 0.6 is 11.3 Å². The number of rotatable bonds is 4. The van der Waals surface area contributed by atoms with Crippen LogP contribution in [0.15, 0.2) is 6.33 Å². The average molecular weight is 331 g/mol. The predicted molar refractivity (Wildman–Crippen MR) is 88.1 cm³/mol. The number of fused-ring (bicyclic) bond motifs is 2. The lowest BCUT2D eigenvalue weighted by Gasteiger charge is -2.28. The minimum Gasteiger partial charge on any atom is -0.349 e. The molecule has 1 amide bonds. The van der Waals surface area contributed by atoms with Gasteiger partial charge in [0.1, 0.15) is 11.2 Å². The second kappa shape index (κ2) is 5.70. The molecule has 2 aromatic rings. The van der Waals surface area contributed by atoms with Gasteiger partial charge in [-0.3, -0.25) is 9.89 Å². The number of H-pyrrole nitrogens is 1. The third kappa shape index (κ3) is 2.67. The molecule has 4 unspecified atom stereocenters. The highest BCUT2D eigenvalue weighted by Crippen LogP contribution is 2.49. The predicted octanol–water partition coefficient (Wildman–Crippen LogP) is 2.79. The SMILES string of the molecule is Cc1nc(-c2ncn[nH]2)sc1C(=O)NC(C)C1CC2CCC1C2. The van der Waals surface area contributed by atoms with Crippen molar-refractivity contribution in [3.8, 4) is 10.8 Å². The number of aryl methyl sites for hydroxylation is 1. The summed E-state index contributed by atoms with van der Waals surface area (Å²) in [5, 5.41) is 10.5. The number of nitrogens with zero attached hydrogens (tertiary/aromatic N) is 3. The number of nitrogens with one attached hydrogen (secondary N) is 2. The molecule has 4 rings (SSSR count). The average Bonchev–Trinajstić information content (AvgIpc) is 3.30. The molecular formula is C16H21N5OS. The van der Waals surface area contributed by atoms with Crippen molar-refractivity contribution in [1.29, 1.82) is 0 Å². The van der Waals surface area contributed by atoms with Gasteiger partial charge in [-0.25, -0.2) is 9.97 Å². The van der Waals surface area contributed by atoms with Gasteiger partial charge in [0.15, 0.2) is 10.8 Å². The zero-order valence-corrected chi connectivity index (χ0v) is 14.2. The summed E-state index contributed by atoms with van der Waals surface area (Å²) in [6.07, 6.45) is 6.81. The highest BCUT2D eigenvalue weighted by atomic mass is 32.1. The molecule has 2 N–H and O–H groups in total. The van der Waals surface area contributed by atoms with Crippen LogP contribution < -0.4 is 5.32 Å². The van der Waals surface area contributed by atoms with E-state index in [1.54, 1.807) is 0 Å². The van der Waals surface area contributed by atoms with Crippen molar-refractivity contribution in [2.24, 2.45) is 17.8 Å². The highest BCUT2D eigenvalue weighted by Gasteiger charge is 2.42. The molecule has 23 heavy (non-hydrogen) atoms. The van der Waals surface area contributed by atoms with Gasteiger partial charge in [-0.2, -0.15) is 5.10 Å². The maximum Gasteiger partial charge on any atom is 0.263 e. The van der Waals surface area contributed by atoms with E-state index in [0.717, 1.165) is 17.5 Å². The second-order valence-electron chi connectivity index (χ2n) is 6.87. The molecule has 2 aliphatic rings. The van der Waals surface area contributed by atoms with Gasteiger partial charge in [-0.1, -0.05) is 6.42 Å². The Morgan fingerprint density at radius 3 is 2.96 bits per heavy atom. The minimum absolute atomic E-state index is 0.0129. The Labute approximate surface area is 139 Å². The summed E-state index contributed by atoms with van der Waals surface area (Å²) in [7, 11) is 0. The molecule has 7 heteroatoms. The highest BCUT2D eigenvalue weighted by molar-refractivity contribution is 7.17. The van der Waals surface area contributed by atoms with E-state index in [4.69, 9.17) is 0 Å². The number of carbonyl (C=O) groups excluding carboxylic acids is 1. The number of hydrogen-bond donors (Lipinski definition) is 2. The topological polar surface area (TPSA) is 83.6 Å². The van der Waals surface area contributed by atoms with Crippen molar-refractivity contribution in [2.75, 3.05) is 0 Å². The van der Waals surface area contributed by atoms with Crippen LogP contribution in [0.4, 0.5) is 0 Å². The molecule has 0 spiro atoms. The lowest BCUT2D eigenvalue weighted by atomic mass is 9.84. The maximum atomic E-state index is 12.6. The number of aromatic nitrogens is 4. The molecular weight excluding hydrogens is 310 g/mol. The van der Waals surface area contributed by atoms with Crippen LogP contribution in [0.1, 0.15) is 48.0 Å². The van der Waals surface area contributed by atoms with Crippen LogP contribution in [0.2, 0.25) is 0 Å². The van der Waals surface area contributed by atoms with Crippen molar-refractivity contribution in [3.05, 3.63) is 16.9 Å². The van der Waals surface area contributed by atoms with Crippen molar-refractivity contribution in [3.63, 3.8) is 0 Å². The first kappa shape index (κ1) is 14.8. The van der Waals surface area contributed by atoms with Gasteiger partial charge in [-0.05, 0) is 50.9 Å². The van der Waals surface area contributed by atoms with Crippen LogP contribution in [0.3, 0.4) is 0 Å². The molecule has 2 fully saturated rings. The summed E-state index contributed by atoms with van der Waals surface area (Å²) in [4.78, 5) is 21.8. The van der Waals surface area contributed by atoms with Crippen molar-refractivity contribution in [2.45, 2.75) is 45.6 Å². The second-order valence-corrected chi connectivity index (χ2v) is 7.87. The van der Waals surface area contributed by atoms with Crippen LogP contribution in [0.25, 0.3) is 10.8 Å². The summed E-state index contributed by atoms with van der Waals surface area (Å²) in [5.74, 6) is 2.94. The quantitative estimate of drug-likeness (QED) is 0.902. The fourth-order valence-corrected chi connectivity index (χ4v) is 5.22. The van der Waals surface area contributed by atoms with E-state index >= 15 is 0 Å². The molecule has 2 aromatic heterocycles. The van der Waals surface area contributed by atoms with E-state index in [1.165, 1.54) is 43.3 Å². The standard InChI is InChI=1S/C16H21N5OS/c1-8(12-6-10-3-4-11(12)5-10)19-15(22)13-9(2)20-16(23-13)14-17-7-18-21-14/h7-8,10-12H,3-6H2,1-2H3,(H,19,22)(H,17,18,21). The number of carbonyl (C=O) groups is 1. The van der Waals surface area contributed by atoms with Crippen molar-refractivity contribution >= 4 is 17.2 Å². The molecule has 2 bridgehead atoms. The zero-order chi connectivity index (χ0) is 16.0. The van der Waals surface area contributed by atoms with Gasteiger partial charge in [0.2, 0.25) is 0 Å². The van der Waals surface area contributed by atoms with Gasteiger partial charge < -0.3 is 5.32 Å². The largest absolute Gasteiger partial charge is 0.349 e. The van der Waals surface area contributed by atoms with Gasteiger partial charge in [0, 0.05) is 6.04 Å². The first-order valence-corrected chi connectivity index (χ1v) is 9.07. The van der Waals surface area contributed by atoms with Crippen LogP contribution in [0.5, 0.6) is 0 Å². The molecule has 0 saturated heterocycles. The van der Waals surface area contributed by atoms with Gasteiger partial charge in [-0.15, -0.1) is 11.3 Å². The summed E-state index contributed by atoms with van der Waals surface area (Å²) in [6, 6.07) is 0.230. The summed E-state index contributed by atoms with van der Waals surface area (Å²) >= 11 is 1.37. The van der Waals surface area contributed by atoms with E-state index in [1.807, 2.05) is 6.92 Å². The normalized spacial score (nSPS) is 27.3. The van der Waals surface area contributed by atoms with Crippen LogP contribution in [-0.2, 0) is 0 Å². The first-order valence-electron chi connectivity index (χ1n) is 8.26. The summed E-state index contributed by atoms with van der Waals surface area (Å²) in [6.45, 7) is 4.02. The minimum atomic E-state index is -0.0129. The molecule has 0 radical (unpaired) electrons. The van der Waals surface area contributed by atoms with E-state index in [2.05, 4.69) is 32.4 Å². The maximum absolute atomic E-state index is 12.6. The van der Waals surface area contributed by atoms with Crippen molar-refractivity contribution in [1.82, 2.24) is 25.5 Å². The number of aromatic amines is 1. The molecule has 0 aromatic carbocycles. The van der Waals surface area contributed by atoms with Gasteiger partial charge >= 0.3 is 0 Å². The fraction of sp³-hybridized carbons (Fsp3) is 0.625. The Kier molecular flexibility index (Phi) is 3.67.